The molecule has 9 heteroatoms. The summed E-state index contributed by atoms with van der Waals surface area (Å²) >= 11 is 3.45. The number of hydrogen-bond donors (Lipinski definition) is 1. The van der Waals surface area contributed by atoms with Gasteiger partial charge in [0.05, 0.1) is 11.9 Å². The van der Waals surface area contributed by atoms with Crippen LogP contribution in [0.4, 0.5) is 5.69 Å². The lowest BCUT2D eigenvalue weighted by atomic mass is 10.0. The summed E-state index contributed by atoms with van der Waals surface area (Å²) in [5, 5.41) is 3.04. The van der Waals surface area contributed by atoms with Crippen molar-refractivity contribution in [1.29, 1.82) is 0 Å². The van der Waals surface area contributed by atoms with Gasteiger partial charge in [0.15, 0.2) is 0 Å². The summed E-state index contributed by atoms with van der Waals surface area (Å²) in [5.41, 5.74) is 3.69. The summed E-state index contributed by atoms with van der Waals surface area (Å²) in [6.45, 7) is 7.26. The van der Waals surface area contributed by atoms with Crippen molar-refractivity contribution in [2.75, 3.05) is 17.1 Å². The number of anilines is 1. The third kappa shape index (κ3) is 8.41. The molecule has 0 saturated carbocycles. The highest BCUT2D eigenvalue weighted by Gasteiger charge is 2.34. The van der Waals surface area contributed by atoms with E-state index in [4.69, 9.17) is 0 Å². The molecule has 3 rings (SSSR count). The second-order valence-corrected chi connectivity index (χ2v) is 13.0. The number of para-hydroxylation sites is 1. The lowest BCUT2D eigenvalue weighted by Crippen LogP contribution is -2.54. The van der Waals surface area contributed by atoms with Crippen molar-refractivity contribution in [2.45, 2.75) is 59.2 Å². The zero-order chi connectivity index (χ0) is 29.4. The number of sulfonamides is 1. The first-order chi connectivity index (χ1) is 18.9. The van der Waals surface area contributed by atoms with Gasteiger partial charge in [0.2, 0.25) is 21.8 Å². The Morgan fingerprint density at radius 2 is 1.50 bits per heavy atom. The standard InChI is InChI=1S/C31H38BrN3O4S/c1-6-24(4)33-31(37)28(19-25-13-8-7-9-14-25)34(20-26-15-17-27(32)18-16-26)29(36)21-35(40(5,38)39)30-22(2)11-10-12-23(30)3/h7-18,24,28H,6,19-21H2,1-5H3,(H,33,37)/t24-,28+/m1/s1. The predicted octanol–water partition coefficient (Wildman–Crippen LogP) is 5.39. The van der Waals surface area contributed by atoms with E-state index in [0.29, 0.717) is 5.69 Å². The molecular formula is C31H38BrN3O4S. The molecule has 2 atom stereocenters. The first kappa shape index (κ1) is 31.4. The number of nitrogens with one attached hydrogen (secondary N) is 1. The lowest BCUT2D eigenvalue weighted by molar-refractivity contribution is -0.140. The number of carbonyl (C=O) groups excluding carboxylic acids is 2. The van der Waals surface area contributed by atoms with E-state index in [9.17, 15) is 18.0 Å². The van der Waals surface area contributed by atoms with Crippen molar-refractivity contribution in [1.82, 2.24) is 10.2 Å². The Bertz CT molecular complexity index is 1390. The minimum Gasteiger partial charge on any atom is -0.352 e. The van der Waals surface area contributed by atoms with Crippen LogP contribution in [0.1, 0.15) is 42.5 Å². The second kappa shape index (κ2) is 13.9. The molecule has 0 aliphatic rings. The van der Waals surface area contributed by atoms with E-state index < -0.39 is 28.5 Å². The van der Waals surface area contributed by atoms with Crippen molar-refractivity contribution >= 4 is 43.5 Å². The summed E-state index contributed by atoms with van der Waals surface area (Å²) in [4.78, 5) is 29.4. The number of rotatable bonds is 12. The van der Waals surface area contributed by atoms with Gasteiger partial charge in [0, 0.05) is 23.5 Å². The molecule has 0 aliphatic heterocycles. The number of hydrogen-bond acceptors (Lipinski definition) is 4. The predicted molar refractivity (Wildman–Crippen MR) is 165 cm³/mol. The van der Waals surface area contributed by atoms with Gasteiger partial charge in [-0.3, -0.25) is 13.9 Å². The SMILES string of the molecule is CC[C@@H](C)NC(=O)[C@H](Cc1ccccc1)N(Cc1ccc(Br)cc1)C(=O)CN(c1c(C)cccc1C)S(C)(=O)=O. The fraction of sp³-hybridized carbons (Fsp3) is 0.355. The van der Waals surface area contributed by atoms with Gasteiger partial charge >= 0.3 is 0 Å². The van der Waals surface area contributed by atoms with Crippen LogP contribution in [0.5, 0.6) is 0 Å². The van der Waals surface area contributed by atoms with E-state index >= 15 is 0 Å². The number of amides is 2. The monoisotopic (exact) mass is 627 g/mol. The molecule has 7 nitrogen and oxygen atoms in total. The minimum atomic E-state index is -3.82. The van der Waals surface area contributed by atoms with Crippen LogP contribution >= 0.6 is 15.9 Å². The molecule has 0 saturated heterocycles. The number of carbonyl (C=O) groups is 2. The molecule has 40 heavy (non-hydrogen) atoms. The fourth-order valence-electron chi connectivity index (χ4n) is 4.56. The van der Waals surface area contributed by atoms with Crippen LogP contribution in [0.2, 0.25) is 0 Å². The van der Waals surface area contributed by atoms with Crippen molar-refractivity contribution in [3.63, 3.8) is 0 Å². The van der Waals surface area contributed by atoms with Gasteiger partial charge in [-0.2, -0.15) is 0 Å². The Morgan fingerprint density at radius 1 is 0.900 bits per heavy atom. The molecule has 214 valence electrons. The Labute approximate surface area is 246 Å². The van der Waals surface area contributed by atoms with Gasteiger partial charge in [0.1, 0.15) is 12.6 Å². The Kier molecular flexibility index (Phi) is 10.9. The van der Waals surface area contributed by atoms with Gasteiger partial charge in [-0.1, -0.05) is 83.5 Å². The van der Waals surface area contributed by atoms with Crippen molar-refractivity contribution in [2.24, 2.45) is 0 Å². The second-order valence-electron chi connectivity index (χ2n) is 10.2. The third-order valence-corrected chi connectivity index (χ3v) is 8.55. The van der Waals surface area contributed by atoms with E-state index in [-0.39, 0.29) is 24.9 Å². The maximum absolute atomic E-state index is 14.2. The molecule has 0 radical (unpaired) electrons. The highest BCUT2D eigenvalue weighted by molar-refractivity contribution is 9.10. The lowest BCUT2D eigenvalue weighted by Gasteiger charge is -2.34. The van der Waals surface area contributed by atoms with Crippen molar-refractivity contribution in [3.8, 4) is 0 Å². The van der Waals surface area contributed by atoms with Crippen molar-refractivity contribution < 1.29 is 18.0 Å². The smallest absolute Gasteiger partial charge is 0.244 e. The molecule has 0 bridgehead atoms. The molecule has 0 aromatic heterocycles. The van der Waals surface area contributed by atoms with Crippen LogP contribution in [0, 0.1) is 13.8 Å². The Balaban J connectivity index is 2.09. The van der Waals surface area contributed by atoms with E-state index in [1.54, 1.807) is 0 Å². The molecule has 0 fully saturated rings. The highest BCUT2D eigenvalue weighted by Crippen LogP contribution is 2.27. The van der Waals surface area contributed by atoms with Crippen LogP contribution < -0.4 is 9.62 Å². The molecule has 0 aliphatic carbocycles. The van der Waals surface area contributed by atoms with Crippen molar-refractivity contribution in [3.05, 3.63) is 99.5 Å². The molecule has 0 unspecified atom stereocenters. The van der Waals surface area contributed by atoms with E-state index in [0.717, 1.165) is 43.7 Å². The van der Waals surface area contributed by atoms with Gasteiger partial charge in [-0.15, -0.1) is 0 Å². The van der Waals surface area contributed by atoms with Crippen LogP contribution in [0.25, 0.3) is 0 Å². The van der Waals surface area contributed by atoms with Gasteiger partial charge in [0.25, 0.3) is 0 Å². The summed E-state index contributed by atoms with van der Waals surface area (Å²) in [7, 11) is -3.82. The van der Waals surface area contributed by atoms with Gasteiger partial charge in [-0.25, -0.2) is 8.42 Å². The molecule has 1 N–H and O–H groups in total. The number of aryl methyl sites for hydroxylation is 2. The molecular weight excluding hydrogens is 590 g/mol. The van der Waals surface area contributed by atoms with Gasteiger partial charge < -0.3 is 10.2 Å². The van der Waals surface area contributed by atoms with Crippen LogP contribution in [-0.2, 0) is 32.6 Å². The zero-order valence-electron chi connectivity index (χ0n) is 23.7. The number of benzene rings is 3. The molecule has 2 amide bonds. The summed E-state index contributed by atoms with van der Waals surface area (Å²) < 4.78 is 28.1. The topological polar surface area (TPSA) is 86.8 Å². The summed E-state index contributed by atoms with van der Waals surface area (Å²) in [6, 6.07) is 21.6. The average molecular weight is 629 g/mol. The largest absolute Gasteiger partial charge is 0.352 e. The fourth-order valence-corrected chi connectivity index (χ4v) is 5.79. The molecule has 3 aromatic carbocycles. The summed E-state index contributed by atoms with van der Waals surface area (Å²) in [5.74, 6) is -0.738. The van der Waals surface area contributed by atoms with Crippen LogP contribution in [-0.4, -0.2) is 50.0 Å². The highest BCUT2D eigenvalue weighted by atomic mass is 79.9. The molecule has 3 aromatic rings. The van der Waals surface area contributed by atoms with Gasteiger partial charge in [-0.05, 0) is 61.6 Å². The first-order valence-electron chi connectivity index (χ1n) is 13.3. The normalized spacial score (nSPS) is 12.8. The Hall–Kier alpha value is -3.17. The molecule has 0 heterocycles. The van der Waals surface area contributed by atoms with Crippen LogP contribution in [0.15, 0.2) is 77.3 Å². The van der Waals surface area contributed by atoms with E-state index in [2.05, 4.69) is 21.2 Å². The quantitative estimate of drug-likeness (QED) is 0.292. The van der Waals surface area contributed by atoms with E-state index in [1.807, 2.05) is 100 Å². The van der Waals surface area contributed by atoms with E-state index in [1.165, 1.54) is 4.90 Å². The summed E-state index contributed by atoms with van der Waals surface area (Å²) in [6.07, 6.45) is 2.12. The zero-order valence-corrected chi connectivity index (χ0v) is 26.1. The maximum Gasteiger partial charge on any atom is 0.244 e. The number of nitrogens with zero attached hydrogens (tertiary/aromatic N) is 2. The van der Waals surface area contributed by atoms with Crippen LogP contribution in [0.3, 0.4) is 0 Å². The Morgan fingerprint density at radius 3 is 2.05 bits per heavy atom. The first-order valence-corrected chi connectivity index (χ1v) is 16.0. The average Bonchev–Trinajstić information content (AvgIpc) is 2.90. The minimum absolute atomic E-state index is 0.0856. The number of halogens is 1. The third-order valence-electron chi connectivity index (χ3n) is 6.91. The molecule has 0 spiro atoms. The maximum atomic E-state index is 14.2.